The number of carbonyl (C=O) groups excluding carboxylic acids is 1. The molecule has 1 aliphatic heterocycles. The zero-order valence-electron chi connectivity index (χ0n) is 13.4. The van der Waals surface area contributed by atoms with Crippen molar-refractivity contribution in [3.8, 4) is 17.2 Å². The molecule has 2 aromatic carbocycles. The lowest BCUT2D eigenvalue weighted by molar-refractivity contribution is -0.123. The fourth-order valence-electron chi connectivity index (χ4n) is 2.16. The van der Waals surface area contributed by atoms with E-state index in [1.807, 2.05) is 12.1 Å². The molecule has 0 spiro atoms. The molecule has 2 aromatic rings. The van der Waals surface area contributed by atoms with E-state index in [0.717, 1.165) is 5.56 Å². The Labute approximate surface area is 150 Å². The van der Waals surface area contributed by atoms with Gasteiger partial charge in [0.15, 0.2) is 18.1 Å². The third-order valence-electron chi connectivity index (χ3n) is 3.43. The molecule has 0 aliphatic carbocycles. The summed E-state index contributed by atoms with van der Waals surface area (Å²) in [6.45, 7) is 4.81. The predicted molar refractivity (Wildman–Crippen MR) is 94.7 cm³/mol. The fourth-order valence-corrected chi connectivity index (χ4v) is 2.29. The molecule has 1 amide bonds. The van der Waals surface area contributed by atoms with Crippen LogP contribution in [-0.2, 0) is 4.79 Å². The number of hydrazine groups is 1. The Kier molecular flexibility index (Phi) is 5.30. The first-order valence-corrected chi connectivity index (χ1v) is 8.02. The van der Waals surface area contributed by atoms with Gasteiger partial charge in [-0.25, -0.2) is 0 Å². The highest BCUT2D eigenvalue weighted by Gasteiger charge is 2.13. The van der Waals surface area contributed by atoms with Gasteiger partial charge in [0.05, 0.1) is 5.70 Å². The second-order valence-corrected chi connectivity index (χ2v) is 5.69. The first kappa shape index (κ1) is 17.0. The van der Waals surface area contributed by atoms with Gasteiger partial charge in [-0.3, -0.25) is 15.6 Å². The summed E-state index contributed by atoms with van der Waals surface area (Å²) in [5.74, 6) is 1.58. The van der Waals surface area contributed by atoms with Gasteiger partial charge in [-0.05, 0) is 42.5 Å². The lowest BCUT2D eigenvalue weighted by Gasteiger charge is -2.19. The van der Waals surface area contributed by atoms with Crippen LogP contribution in [0.15, 0.2) is 49.0 Å². The Bertz CT molecular complexity index is 777. The van der Waals surface area contributed by atoms with E-state index in [9.17, 15) is 4.79 Å². The molecule has 0 saturated carbocycles. The summed E-state index contributed by atoms with van der Waals surface area (Å²) in [6, 6.07) is 12.2. The zero-order valence-corrected chi connectivity index (χ0v) is 14.1. The van der Waals surface area contributed by atoms with E-state index >= 15 is 0 Å². The van der Waals surface area contributed by atoms with Crippen LogP contribution in [-0.4, -0.2) is 25.7 Å². The summed E-state index contributed by atoms with van der Waals surface area (Å²) in [4.78, 5) is 11.8. The quantitative estimate of drug-likeness (QED) is 0.775. The number of nitrogens with one attached hydrogen (secondary N) is 2. The third kappa shape index (κ3) is 4.58. The maximum atomic E-state index is 11.8. The van der Waals surface area contributed by atoms with Crippen LogP contribution in [0.4, 0.5) is 0 Å². The Morgan fingerprint density at radius 2 is 1.80 bits per heavy atom. The van der Waals surface area contributed by atoms with Gasteiger partial charge in [-0.2, -0.15) is 0 Å². The van der Waals surface area contributed by atoms with Crippen LogP contribution in [0.2, 0.25) is 5.02 Å². The molecular weight excluding hydrogens is 344 g/mol. The van der Waals surface area contributed by atoms with Crippen LogP contribution in [0, 0.1) is 0 Å². The molecule has 3 rings (SSSR count). The Morgan fingerprint density at radius 3 is 2.56 bits per heavy atom. The maximum absolute atomic E-state index is 11.8. The minimum absolute atomic E-state index is 0.136. The molecule has 7 heteroatoms. The monoisotopic (exact) mass is 360 g/mol. The highest BCUT2D eigenvalue weighted by Crippen LogP contribution is 2.32. The Balaban J connectivity index is 1.48. The van der Waals surface area contributed by atoms with Gasteiger partial charge < -0.3 is 14.2 Å². The van der Waals surface area contributed by atoms with Crippen molar-refractivity contribution in [1.29, 1.82) is 0 Å². The number of halogens is 1. The van der Waals surface area contributed by atoms with Gasteiger partial charge in [0.1, 0.15) is 19.0 Å². The average Bonchev–Trinajstić information content (AvgIpc) is 2.65. The van der Waals surface area contributed by atoms with Crippen molar-refractivity contribution in [2.45, 2.75) is 0 Å². The number of rotatable bonds is 6. The SMILES string of the molecule is C=C(NNC(=O)COc1ccc(Cl)cc1)c1ccc2c(c1)OCCO2. The fraction of sp³-hybridized carbons (Fsp3) is 0.167. The topological polar surface area (TPSA) is 68.8 Å². The van der Waals surface area contributed by atoms with Crippen LogP contribution in [0.25, 0.3) is 5.70 Å². The number of ether oxygens (including phenoxy) is 3. The molecule has 1 heterocycles. The van der Waals surface area contributed by atoms with E-state index in [1.54, 1.807) is 30.3 Å². The number of hydrogen-bond donors (Lipinski definition) is 2. The van der Waals surface area contributed by atoms with E-state index in [0.29, 0.717) is 41.2 Å². The van der Waals surface area contributed by atoms with E-state index in [2.05, 4.69) is 17.4 Å². The smallest absolute Gasteiger partial charge is 0.276 e. The molecule has 0 radical (unpaired) electrons. The summed E-state index contributed by atoms with van der Waals surface area (Å²) >= 11 is 5.79. The zero-order chi connectivity index (χ0) is 17.6. The second-order valence-electron chi connectivity index (χ2n) is 5.25. The van der Waals surface area contributed by atoms with Gasteiger partial charge in [-0.15, -0.1) is 0 Å². The van der Waals surface area contributed by atoms with Gasteiger partial charge in [0.2, 0.25) is 0 Å². The van der Waals surface area contributed by atoms with Gasteiger partial charge in [-0.1, -0.05) is 18.2 Å². The molecule has 1 aliphatic rings. The van der Waals surface area contributed by atoms with Crippen molar-refractivity contribution in [1.82, 2.24) is 10.9 Å². The molecule has 6 nitrogen and oxygen atoms in total. The van der Waals surface area contributed by atoms with Crippen LogP contribution >= 0.6 is 11.6 Å². The number of benzene rings is 2. The first-order chi connectivity index (χ1) is 12.1. The molecular formula is C18H17ClN2O4. The van der Waals surface area contributed by atoms with E-state index in [4.69, 9.17) is 25.8 Å². The van der Waals surface area contributed by atoms with Crippen LogP contribution in [0.5, 0.6) is 17.2 Å². The van der Waals surface area contributed by atoms with Crippen LogP contribution < -0.4 is 25.1 Å². The molecule has 0 saturated heterocycles. The van der Waals surface area contributed by atoms with Crippen LogP contribution in [0.3, 0.4) is 0 Å². The molecule has 0 atom stereocenters. The second kappa shape index (κ2) is 7.81. The number of hydrogen-bond acceptors (Lipinski definition) is 5. The maximum Gasteiger partial charge on any atom is 0.276 e. The summed E-state index contributed by atoms with van der Waals surface area (Å²) in [7, 11) is 0. The van der Waals surface area contributed by atoms with Crippen molar-refractivity contribution in [3.63, 3.8) is 0 Å². The number of carbonyl (C=O) groups is 1. The van der Waals surface area contributed by atoms with Gasteiger partial charge in [0.25, 0.3) is 5.91 Å². The highest BCUT2D eigenvalue weighted by atomic mass is 35.5. The molecule has 25 heavy (non-hydrogen) atoms. The van der Waals surface area contributed by atoms with Gasteiger partial charge in [0, 0.05) is 10.6 Å². The summed E-state index contributed by atoms with van der Waals surface area (Å²) < 4.78 is 16.4. The average molecular weight is 361 g/mol. The van der Waals surface area contributed by atoms with Crippen LogP contribution in [0.1, 0.15) is 5.56 Å². The van der Waals surface area contributed by atoms with Crippen molar-refractivity contribution >= 4 is 23.2 Å². The lowest BCUT2D eigenvalue weighted by Crippen LogP contribution is -2.39. The first-order valence-electron chi connectivity index (χ1n) is 7.64. The van der Waals surface area contributed by atoms with Gasteiger partial charge >= 0.3 is 0 Å². The molecule has 0 unspecified atom stereocenters. The minimum Gasteiger partial charge on any atom is -0.486 e. The third-order valence-corrected chi connectivity index (χ3v) is 3.68. The molecule has 0 aromatic heterocycles. The lowest BCUT2D eigenvalue weighted by atomic mass is 10.1. The summed E-state index contributed by atoms with van der Waals surface area (Å²) in [5, 5.41) is 0.606. The molecule has 0 fully saturated rings. The molecule has 2 N–H and O–H groups in total. The summed E-state index contributed by atoms with van der Waals surface area (Å²) in [5.41, 5.74) is 6.60. The van der Waals surface area contributed by atoms with Crippen molar-refractivity contribution in [3.05, 3.63) is 59.6 Å². The largest absolute Gasteiger partial charge is 0.486 e. The number of amides is 1. The Morgan fingerprint density at radius 1 is 1.08 bits per heavy atom. The van der Waals surface area contributed by atoms with Crippen molar-refractivity contribution in [2.75, 3.05) is 19.8 Å². The van der Waals surface area contributed by atoms with E-state index in [-0.39, 0.29) is 12.5 Å². The number of fused-ring (bicyclic) bond motifs is 1. The van der Waals surface area contributed by atoms with Crippen molar-refractivity contribution in [2.24, 2.45) is 0 Å². The molecule has 0 bridgehead atoms. The van der Waals surface area contributed by atoms with E-state index in [1.165, 1.54) is 0 Å². The van der Waals surface area contributed by atoms with Crippen molar-refractivity contribution < 1.29 is 19.0 Å². The van der Waals surface area contributed by atoms with E-state index < -0.39 is 0 Å². The Hall–Kier alpha value is -2.86. The minimum atomic E-state index is -0.339. The highest BCUT2D eigenvalue weighted by molar-refractivity contribution is 6.30. The normalized spacial score (nSPS) is 12.2. The summed E-state index contributed by atoms with van der Waals surface area (Å²) in [6.07, 6.45) is 0. The predicted octanol–water partition coefficient (Wildman–Crippen LogP) is 2.78. The standard InChI is InChI=1S/C18H17ClN2O4/c1-12(13-2-7-16-17(10-13)24-9-8-23-16)20-21-18(22)11-25-15-5-3-14(19)4-6-15/h2-7,10,20H,1,8-9,11H2,(H,21,22). The molecule has 130 valence electrons.